The SMILES string of the molecule is COc1ccc([C@@H](CN=Cc2cccc(OC)c2O)N2CCOCC2)cc1. The van der Waals surface area contributed by atoms with E-state index in [1.807, 2.05) is 24.3 Å². The lowest BCUT2D eigenvalue weighted by Crippen LogP contribution is -2.40. The third-order valence-corrected chi connectivity index (χ3v) is 4.75. The van der Waals surface area contributed by atoms with Crippen LogP contribution in [0.5, 0.6) is 17.2 Å². The topological polar surface area (TPSA) is 63.5 Å². The average molecular weight is 370 g/mol. The molecule has 1 fully saturated rings. The number of morpholine rings is 1. The first-order valence-corrected chi connectivity index (χ1v) is 9.04. The lowest BCUT2D eigenvalue weighted by molar-refractivity contribution is 0.0180. The van der Waals surface area contributed by atoms with Gasteiger partial charge in [0.1, 0.15) is 5.75 Å². The standard InChI is InChI=1S/C21H26N2O4/c1-25-18-8-6-16(7-9-18)19(23-10-12-27-13-11-23)15-22-14-17-4-3-5-20(26-2)21(17)24/h3-9,14,19,24H,10-13,15H2,1-2H3/t19-/m1/s1. The molecule has 1 heterocycles. The van der Waals surface area contributed by atoms with Gasteiger partial charge in [0.05, 0.1) is 40.0 Å². The van der Waals surface area contributed by atoms with Crippen LogP contribution in [-0.2, 0) is 4.74 Å². The first kappa shape index (κ1) is 19.2. The molecule has 1 N–H and O–H groups in total. The molecule has 1 aliphatic rings. The van der Waals surface area contributed by atoms with Gasteiger partial charge in [-0.3, -0.25) is 9.89 Å². The van der Waals surface area contributed by atoms with Crippen molar-refractivity contribution in [1.29, 1.82) is 0 Å². The number of phenols is 1. The van der Waals surface area contributed by atoms with Crippen LogP contribution in [0, 0.1) is 0 Å². The molecule has 6 heteroatoms. The summed E-state index contributed by atoms with van der Waals surface area (Å²) in [7, 11) is 3.20. The largest absolute Gasteiger partial charge is 0.504 e. The Labute approximate surface area is 160 Å². The number of hydrogen-bond acceptors (Lipinski definition) is 6. The van der Waals surface area contributed by atoms with Gasteiger partial charge in [0.15, 0.2) is 11.5 Å². The normalized spacial score (nSPS) is 16.4. The molecule has 0 aromatic heterocycles. The molecule has 27 heavy (non-hydrogen) atoms. The number of aliphatic imine (C=N–C) groups is 1. The van der Waals surface area contributed by atoms with Crippen molar-refractivity contribution in [3.8, 4) is 17.2 Å². The van der Waals surface area contributed by atoms with Gasteiger partial charge in [0.25, 0.3) is 0 Å². The fourth-order valence-electron chi connectivity index (χ4n) is 3.21. The predicted octanol–water partition coefficient (Wildman–Crippen LogP) is 2.90. The second-order valence-electron chi connectivity index (χ2n) is 6.33. The Kier molecular flexibility index (Phi) is 6.68. The average Bonchev–Trinajstić information content (AvgIpc) is 2.73. The van der Waals surface area contributed by atoms with Gasteiger partial charge in [0, 0.05) is 24.9 Å². The van der Waals surface area contributed by atoms with Crippen LogP contribution in [0.15, 0.2) is 47.5 Å². The lowest BCUT2D eigenvalue weighted by atomic mass is 10.0. The molecule has 3 rings (SSSR count). The number of nitrogens with zero attached hydrogens (tertiary/aromatic N) is 2. The van der Waals surface area contributed by atoms with Gasteiger partial charge in [-0.15, -0.1) is 0 Å². The lowest BCUT2D eigenvalue weighted by Gasteiger charge is -2.34. The Morgan fingerprint density at radius 2 is 1.85 bits per heavy atom. The molecule has 0 aliphatic carbocycles. The first-order chi connectivity index (χ1) is 13.2. The highest BCUT2D eigenvalue weighted by atomic mass is 16.5. The minimum Gasteiger partial charge on any atom is -0.504 e. The summed E-state index contributed by atoms with van der Waals surface area (Å²) in [5.41, 5.74) is 1.83. The molecule has 0 amide bonds. The molecular formula is C21H26N2O4. The van der Waals surface area contributed by atoms with Crippen LogP contribution in [0.2, 0.25) is 0 Å². The molecule has 144 valence electrons. The number of phenolic OH excluding ortho intramolecular Hbond substituents is 1. The molecule has 6 nitrogen and oxygen atoms in total. The van der Waals surface area contributed by atoms with Crippen LogP contribution in [0.25, 0.3) is 0 Å². The molecule has 0 radical (unpaired) electrons. The highest BCUT2D eigenvalue weighted by Gasteiger charge is 2.22. The summed E-state index contributed by atoms with van der Waals surface area (Å²) in [5, 5.41) is 10.2. The van der Waals surface area contributed by atoms with Gasteiger partial charge in [-0.1, -0.05) is 18.2 Å². The Bertz CT molecular complexity index is 755. The Balaban J connectivity index is 1.78. The summed E-state index contributed by atoms with van der Waals surface area (Å²) in [5.74, 6) is 1.39. The molecule has 0 saturated carbocycles. The number of aromatic hydroxyl groups is 1. The van der Waals surface area contributed by atoms with Gasteiger partial charge in [-0.25, -0.2) is 0 Å². The molecule has 2 aromatic carbocycles. The molecule has 1 atom stereocenters. The minimum absolute atomic E-state index is 0.108. The molecular weight excluding hydrogens is 344 g/mol. The van der Waals surface area contributed by atoms with Crippen LogP contribution in [0.1, 0.15) is 17.2 Å². The third kappa shape index (κ3) is 4.78. The zero-order valence-corrected chi connectivity index (χ0v) is 15.8. The maximum atomic E-state index is 10.2. The first-order valence-electron chi connectivity index (χ1n) is 9.04. The summed E-state index contributed by atoms with van der Waals surface area (Å²) < 4.78 is 15.9. The van der Waals surface area contributed by atoms with Crippen LogP contribution < -0.4 is 9.47 Å². The van der Waals surface area contributed by atoms with Gasteiger partial charge in [0.2, 0.25) is 0 Å². The summed E-state index contributed by atoms with van der Waals surface area (Å²) in [4.78, 5) is 7.00. The van der Waals surface area contributed by atoms with E-state index >= 15 is 0 Å². The zero-order valence-electron chi connectivity index (χ0n) is 15.8. The van der Waals surface area contributed by atoms with Crippen LogP contribution >= 0.6 is 0 Å². The Hall–Kier alpha value is -2.57. The van der Waals surface area contributed by atoms with Crippen molar-refractivity contribution in [1.82, 2.24) is 4.90 Å². The summed E-state index contributed by atoms with van der Waals surface area (Å²) in [6.07, 6.45) is 1.70. The Morgan fingerprint density at radius 3 is 2.52 bits per heavy atom. The number of rotatable bonds is 7. The van der Waals surface area contributed by atoms with E-state index in [1.54, 1.807) is 19.4 Å². The summed E-state index contributed by atoms with van der Waals surface area (Å²) in [6, 6.07) is 13.6. The van der Waals surface area contributed by atoms with E-state index in [9.17, 15) is 5.11 Å². The van der Waals surface area contributed by atoms with E-state index in [0.717, 1.165) is 32.1 Å². The third-order valence-electron chi connectivity index (χ3n) is 4.75. The van der Waals surface area contributed by atoms with E-state index in [-0.39, 0.29) is 11.8 Å². The molecule has 0 unspecified atom stereocenters. The molecule has 0 spiro atoms. The van der Waals surface area contributed by atoms with E-state index < -0.39 is 0 Å². The van der Waals surface area contributed by atoms with Crippen molar-refractivity contribution in [2.24, 2.45) is 4.99 Å². The number of para-hydroxylation sites is 1. The predicted molar refractivity (Wildman–Crippen MR) is 105 cm³/mol. The van der Waals surface area contributed by atoms with Gasteiger partial charge < -0.3 is 19.3 Å². The number of methoxy groups -OCH3 is 2. The van der Waals surface area contributed by atoms with Crippen molar-refractivity contribution in [2.75, 3.05) is 47.1 Å². The van der Waals surface area contributed by atoms with Crippen molar-refractivity contribution < 1.29 is 19.3 Å². The van der Waals surface area contributed by atoms with Crippen molar-refractivity contribution in [3.05, 3.63) is 53.6 Å². The molecule has 1 saturated heterocycles. The van der Waals surface area contributed by atoms with E-state index in [2.05, 4.69) is 22.0 Å². The smallest absolute Gasteiger partial charge is 0.166 e. The second-order valence-corrected chi connectivity index (χ2v) is 6.33. The number of ether oxygens (including phenoxy) is 3. The van der Waals surface area contributed by atoms with Crippen molar-refractivity contribution in [2.45, 2.75) is 6.04 Å². The summed E-state index contributed by atoms with van der Waals surface area (Å²) in [6.45, 7) is 3.79. The van der Waals surface area contributed by atoms with Crippen LogP contribution in [0.3, 0.4) is 0 Å². The van der Waals surface area contributed by atoms with Gasteiger partial charge in [-0.05, 0) is 29.8 Å². The van der Waals surface area contributed by atoms with Crippen molar-refractivity contribution >= 4 is 6.21 Å². The minimum atomic E-state index is 0.108. The van der Waals surface area contributed by atoms with Crippen LogP contribution in [0.4, 0.5) is 0 Å². The quantitative estimate of drug-likeness (QED) is 0.760. The van der Waals surface area contributed by atoms with Gasteiger partial charge in [-0.2, -0.15) is 0 Å². The fourth-order valence-corrected chi connectivity index (χ4v) is 3.21. The summed E-state index contributed by atoms with van der Waals surface area (Å²) >= 11 is 0. The highest BCUT2D eigenvalue weighted by molar-refractivity contribution is 5.84. The van der Waals surface area contributed by atoms with E-state index in [1.165, 1.54) is 12.7 Å². The maximum absolute atomic E-state index is 10.2. The number of hydrogen-bond donors (Lipinski definition) is 1. The molecule has 0 bridgehead atoms. The fraction of sp³-hybridized carbons (Fsp3) is 0.381. The molecule has 1 aliphatic heterocycles. The van der Waals surface area contributed by atoms with Crippen LogP contribution in [-0.4, -0.2) is 63.3 Å². The second kappa shape index (κ2) is 9.39. The zero-order chi connectivity index (χ0) is 19.1. The van der Waals surface area contributed by atoms with Crippen molar-refractivity contribution in [3.63, 3.8) is 0 Å². The van der Waals surface area contributed by atoms with E-state index in [4.69, 9.17) is 14.2 Å². The molecule has 2 aromatic rings. The monoisotopic (exact) mass is 370 g/mol. The Morgan fingerprint density at radius 1 is 1.11 bits per heavy atom. The van der Waals surface area contributed by atoms with Gasteiger partial charge >= 0.3 is 0 Å². The van der Waals surface area contributed by atoms with E-state index in [0.29, 0.717) is 17.9 Å². The highest BCUT2D eigenvalue weighted by Crippen LogP contribution is 2.29. The maximum Gasteiger partial charge on any atom is 0.166 e. The number of benzene rings is 2.